The van der Waals surface area contributed by atoms with Crippen molar-refractivity contribution in [3.63, 3.8) is 0 Å². The molecule has 4 aliphatic rings. The van der Waals surface area contributed by atoms with Gasteiger partial charge in [0.25, 0.3) is 0 Å². The molecule has 0 aromatic rings. The van der Waals surface area contributed by atoms with Crippen molar-refractivity contribution in [2.45, 2.75) is 90.4 Å². The Morgan fingerprint density at radius 3 is 2.47 bits per heavy atom. The molecule has 2 saturated carbocycles. The van der Waals surface area contributed by atoms with Gasteiger partial charge in [-0.2, -0.15) is 0 Å². The number of nitrogens with zero attached hydrogens (tertiary/aromatic N) is 3. The SMILES string of the molecule is CC(=O)N1C2CCC(C3CNN(CC4CCC4)C3)CC2N(C(=O)OC(C)C)C[C@@H]1C. The number of ether oxygens (including phenoxy) is 1. The summed E-state index contributed by atoms with van der Waals surface area (Å²) in [5, 5.41) is 2.44. The van der Waals surface area contributed by atoms with E-state index in [4.69, 9.17) is 4.74 Å². The van der Waals surface area contributed by atoms with Crippen LogP contribution < -0.4 is 5.43 Å². The molecule has 2 heterocycles. The fourth-order valence-corrected chi connectivity index (χ4v) is 6.21. The van der Waals surface area contributed by atoms with E-state index in [0.717, 1.165) is 38.3 Å². The molecule has 4 rings (SSSR count). The Kier molecular flexibility index (Phi) is 6.58. The molecule has 0 spiro atoms. The fraction of sp³-hybridized carbons (Fsp3) is 0.913. The predicted molar refractivity (Wildman–Crippen MR) is 116 cm³/mol. The van der Waals surface area contributed by atoms with Gasteiger partial charge in [0, 0.05) is 39.1 Å². The lowest BCUT2D eigenvalue weighted by Crippen LogP contribution is -2.67. The van der Waals surface area contributed by atoms with Crippen molar-refractivity contribution in [3.05, 3.63) is 0 Å². The van der Waals surface area contributed by atoms with Gasteiger partial charge in [-0.15, -0.1) is 0 Å². The zero-order chi connectivity index (χ0) is 21.4. The predicted octanol–water partition coefficient (Wildman–Crippen LogP) is 2.86. The molecular formula is C23H40N4O3. The molecule has 5 atom stereocenters. The van der Waals surface area contributed by atoms with E-state index >= 15 is 0 Å². The molecular weight excluding hydrogens is 380 g/mol. The Balaban J connectivity index is 1.44. The molecule has 7 heteroatoms. The molecule has 170 valence electrons. The molecule has 2 saturated heterocycles. The van der Waals surface area contributed by atoms with Crippen LogP contribution in [0.2, 0.25) is 0 Å². The Labute approximate surface area is 181 Å². The maximum absolute atomic E-state index is 12.9. The van der Waals surface area contributed by atoms with Crippen LogP contribution >= 0.6 is 0 Å². The first kappa shape index (κ1) is 21.9. The van der Waals surface area contributed by atoms with E-state index in [1.165, 1.54) is 25.8 Å². The standard InChI is InChI=1S/C23H40N4O3/c1-15(2)30-23(29)26-12-16(3)27(17(4)28)21-9-8-19(10-22(21)26)20-11-24-25(14-20)13-18-6-5-7-18/h15-16,18-22,24H,5-14H2,1-4H3/t16-,19?,20?,21?,22?/m0/s1. The van der Waals surface area contributed by atoms with E-state index in [1.54, 1.807) is 6.92 Å². The fourth-order valence-electron chi connectivity index (χ4n) is 6.21. The van der Waals surface area contributed by atoms with E-state index in [-0.39, 0.29) is 36.2 Å². The van der Waals surface area contributed by atoms with E-state index in [9.17, 15) is 9.59 Å². The number of fused-ring (bicyclic) bond motifs is 1. The minimum atomic E-state index is -0.216. The van der Waals surface area contributed by atoms with Crippen molar-refractivity contribution in [3.8, 4) is 0 Å². The zero-order valence-electron chi connectivity index (χ0n) is 19.2. The number of carbonyl (C=O) groups excluding carboxylic acids is 2. The summed E-state index contributed by atoms with van der Waals surface area (Å²) in [6.45, 7) is 11.4. The van der Waals surface area contributed by atoms with Crippen LogP contribution in [0.3, 0.4) is 0 Å². The molecule has 1 N–H and O–H groups in total. The average molecular weight is 421 g/mol. The third-order valence-electron chi connectivity index (χ3n) is 7.85. The number of nitrogens with one attached hydrogen (secondary N) is 1. The highest BCUT2D eigenvalue weighted by Gasteiger charge is 2.48. The molecule has 0 bridgehead atoms. The highest BCUT2D eigenvalue weighted by atomic mass is 16.6. The van der Waals surface area contributed by atoms with Crippen molar-refractivity contribution in [2.24, 2.45) is 17.8 Å². The molecule has 2 aliphatic carbocycles. The normalized spacial score (nSPS) is 35.3. The van der Waals surface area contributed by atoms with Crippen molar-refractivity contribution < 1.29 is 14.3 Å². The molecule has 0 aromatic heterocycles. The van der Waals surface area contributed by atoms with Gasteiger partial charge in [0.2, 0.25) is 5.91 Å². The minimum Gasteiger partial charge on any atom is -0.447 e. The van der Waals surface area contributed by atoms with E-state index in [2.05, 4.69) is 17.4 Å². The van der Waals surface area contributed by atoms with Gasteiger partial charge in [0.05, 0.1) is 18.2 Å². The van der Waals surface area contributed by atoms with Crippen LogP contribution in [0.1, 0.15) is 66.2 Å². The largest absolute Gasteiger partial charge is 0.447 e. The van der Waals surface area contributed by atoms with Crippen LogP contribution in [0.15, 0.2) is 0 Å². The number of hydrogen-bond acceptors (Lipinski definition) is 5. The van der Waals surface area contributed by atoms with Gasteiger partial charge in [0.1, 0.15) is 0 Å². The minimum absolute atomic E-state index is 0.0335. The average Bonchev–Trinajstić information content (AvgIpc) is 3.11. The molecule has 2 aliphatic heterocycles. The Bertz CT molecular complexity index is 638. The lowest BCUT2D eigenvalue weighted by atomic mass is 9.73. The second kappa shape index (κ2) is 9.03. The summed E-state index contributed by atoms with van der Waals surface area (Å²) < 4.78 is 5.59. The van der Waals surface area contributed by atoms with Gasteiger partial charge in [-0.25, -0.2) is 9.80 Å². The summed E-state index contributed by atoms with van der Waals surface area (Å²) in [6, 6.07) is 0.213. The number of amides is 2. The third-order valence-corrected chi connectivity index (χ3v) is 7.85. The summed E-state index contributed by atoms with van der Waals surface area (Å²) in [5.74, 6) is 2.21. The van der Waals surface area contributed by atoms with Crippen LogP contribution in [0.4, 0.5) is 4.79 Å². The smallest absolute Gasteiger partial charge is 0.410 e. The topological polar surface area (TPSA) is 65.1 Å². The van der Waals surface area contributed by atoms with E-state index in [0.29, 0.717) is 18.4 Å². The number of carbonyl (C=O) groups is 2. The number of rotatable bonds is 4. The van der Waals surface area contributed by atoms with Crippen LogP contribution in [-0.4, -0.2) is 77.2 Å². The van der Waals surface area contributed by atoms with Gasteiger partial charge in [-0.1, -0.05) is 6.42 Å². The van der Waals surface area contributed by atoms with Gasteiger partial charge in [0.15, 0.2) is 0 Å². The van der Waals surface area contributed by atoms with Gasteiger partial charge >= 0.3 is 6.09 Å². The lowest BCUT2D eigenvalue weighted by molar-refractivity contribution is -0.142. The first-order chi connectivity index (χ1) is 14.3. The third kappa shape index (κ3) is 4.47. The molecule has 30 heavy (non-hydrogen) atoms. The molecule has 7 nitrogen and oxygen atoms in total. The molecule has 4 unspecified atom stereocenters. The quantitative estimate of drug-likeness (QED) is 0.758. The lowest BCUT2D eigenvalue weighted by Gasteiger charge is -2.54. The second-order valence-corrected chi connectivity index (χ2v) is 10.4. The summed E-state index contributed by atoms with van der Waals surface area (Å²) in [6.07, 6.45) is 6.88. The van der Waals surface area contributed by atoms with E-state index < -0.39 is 0 Å². The maximum atomic E-state index is 12.9. The van der Waals surface area contributed by atoms with Crippen LogP contribution in [0.25, 0.3) is 0 Å². The molecule has 0 aromatic carbocycles. The van der Waals surface area contributed by atoms with Crippen molar-refractivity contribution in [1.82, 2.24) is 20.2 Å². The van der Waals surface area contributed by atoms with Gasteiger partial charge in [-0.05, 0) is 70.6 Å². The van der Waals surface area contributed by atoms with Gasteiger partial charge in [-0.3, -0.25) is 10.2 Å². The number of hydrazine groups is 1. The van der Waals surface area contributed by atoms with Crippen LogP contribution in [-0.2, 0) is 9.53 Å². The highest BCUT2D eigenvalue weighted by Crippen LogP contribution is 2.40. The van der Waals surface area contributed by atoms with Crippen molar-refractivity contribution in [1.29, 1.82) is 0 Å². The second-order valence-electron chi connectivity index (χ2n) is 10.4. The summed E-state index contributed by atoms with van der Waals surface area (Å²) in [7, 11) is 0. The van der Waals surface area contributed by atoms with Crippen LogP contribution in [0, 0.1) is 17.8 Å². The molecule has 4 fully saturated rings. The van der Waals surface area contributed by atoms with Crippen molar-refractivity contribution in [2.75, 3.05) is 26.2 Å². The van der Waals surface area contributed by atoms with Crippen LogP contribution in [0.5, 0.6) is 0 Å². The Morgan fingerprint density at radius 2 is 1.83 bits per heavy atom. The van der Waals surface area contributed by atoms with Crippen molar-refractivity contribution >= 4 is 12.0 Å². The zero-order valence-corrected chi connectivity index (χ0v) is 19.2. The van der Waals surface area contributed by atoms with E-state index in [1.807, 2.05) is 23.6 Å². The molecule has 0 radical (unpaired) electrons. The maximum Gasteiger partial charge on any atom is 0.410 e. The summed E-state index contributed by atoms with van der Waals surface area (Å²) in [5.41, 5.74) is 3.63. The monoisotopic (exact) mass is 420 g/mol. The first-order valence-corrected chi connectivity index (χ1v) is 12.1. The Morgan fingerprint density at radius 1 is 1.07 bits per heavy atom. The number of hydrogen-bond donors (Lipinski definition) is 1. The van der Waals surface area contributed by atoms with Gasteiger partial charge < -0.3 is 14.5 Å². The number of piperazine rings is 1. The summed E-state index contributed by atoms with van der Waals surface area (Å²) in [4.78, 5) is 29.3. The first-order valence-electron chi connectivity index (χ1n) is 12.1. The summed E-state index contributed by atoms with van der Waals surface area (Å²) >= 11 is 0. The Hall–Kier alpha value is -1.34. The molecule has 2 amide bonds. The highest BCUT2D eigenvalue weighted by molar-refractivity contribution is 5.75.